The molecule has 0 radical (unpaired) electrons. The Morgan fingerprint density at radius 2 is 1.94 bits per heavy atom. The van der Waals surface area contributed by atoms with Gasteiger partial charge in [0.2, 0.25) is 5.91 Å². The first-order valence-corrected chi connectivity index (χ1v) is 13.2. The molecule has 1 N–H and O–H groups in total. The van der Waals surface area contributed by atoms with Gasteiger partial charge in [-0.25, -0.2) is 9.99 Å². The van der Waals surface area contributed by atoms with Crippen molar-refractivity contribution in [1.29, 1.82) is 0 Å². The van der Waals surface area contributed by atoms with Crippen LogP contribution in [0.3, 0.4) is 0 Å². The number of hydrazine groups is 1. The lowest BCUT2D eigenvalue weighted by molar-refractivity contribution is -0.132. The highest BCUT2D eigenvalue weighted by molar-refractivity contribution is 7.09. The van der Waals surface area contributed by atoms with E-state index < -0.39 is 0 Å². The van der Waals surface area contributed by atoms with Crippen LogP contribution in [0.5, 0.6) is 5.75 Å². The largest absolute Gasteiger partial charge is 0.486 e. The van der Waals surface area contributed by atoms with Gasteiger partial charge in [0.1, 0.15) is 23.1 Å². The molecule has 2 aromatic carbocycles. The normalized spacial score (nSPS) is 17.9. The molecule has 0 saturated carbocycles. The number of carbonyl (C=O) groups excluding carboxylic acids is 2. The van der Waals surface area contributed by atoms with Gasteiger partial charge in [-0.1, -0.05) is 43.3 Å². The Morgan fingerprint density at radius 3 is 2.72 bits per heavy atom. The molecule has 0 aliphatic carbocycles. The zero-order valence-corrected chi connectivity index (χ0v) is 21.1. The van der Waals surface area contributed by atoms with E-state index in [0.29, 0.717) is 45.0 Å². The van der Waals surface area contributed by atoms with Gasteiger partial charge >= 0.3 is 0 Å². The maximum atomic E-state index is 12.8. The topological polar surface area (TPSA) is 84.0 Å². The number of hydrogen-bond donors (Lipinski definition) is 1. The van der Waals surface area contributed by atoms with Gasteiger partial charge in [0.05, 0.1) is 19.3 Å². The van der Waals surface area contributed by atoms with Crippen molar-refractivity contribution in [3.63, 3.8) is 0 Å². The summed E-state index contributed by atoms with van der Waals surface area (Å²) in [5.41, 5.74) is 6.68. The predicted molar refractivity (Wildman–Crippen MR) is 137 cm³/mol. The first-order chi connectivity index (χ1) is 17.6. The van der Waals surface area contributed by atoms with Crippen LogP contribution in [0.1, 0.15) is 51.6 Å². The highest BCUT2D eigenvalue weighted by Gasteiger charge is 2.31. The number of hydrogen-bond acceptors (Lipinski definition) is 7. The summed E-state index contributed by atoms with van der Waals surface area (Å²) in [5, 5.41) is 4.33. The van der Waals surface area contributed by atoms with Crippen LogP contribution in [0.15, 0.2) is 53.9 Å². The van der Waals surface area contributed by atoms with E-state index in [1.54, 1.807) is 5.38 Å². The summed E-state index contributed by atoms with van der Waals surface area (Å²) in [6.07, 6.45) is 1.29. The van der Waals surface area contributed by atoms with Crippen molar-refractivity contribution in [2.75, 3.05) is 32.8 Å². The zero-order chi connectivity index (χ0) is 24.9. The maximum Gasteiger partial charge on any atom is 0.285 e. The molecule has 1 saturated heterocycles. The van der Waals surface area contributed by atoms with E-state index in [1.165, 1.54) is 16.9 Å². The van der Waals surface area contributed by atoms with E-state index in [0.717, 1.165) is 28.3 Å². The lowest BCUT2D eigenvalue weighted by atomic mass is 9.87. The first-order valence-electron chi connectivity index (χ1n) is 12.3. The fourth-order valence-corrected chi connectivity index (χ4v) is 5.34. The molecule has 1 aromatic heterocycles. The second-order valence-corrected chi connectivity index (χ2v) is 9.76. The number of amides is 2. The molecule has 2 aliphatic heterocycles. The Morgan fingerprint density at radius 1 is 1.14 bits per heavy atom. The summed E-state index contributed by atoms with van der Waals surface area (Å²) < 4.78 is 11.4. The SMILES string of the molecule is CCC(=O)N1CCc2ccc(OCc3nc(C(=O)NN4CCOCC4)cs3)cc2C1c1ccccc1. The third-order valence-corrected chi connectivity index (χ3v) is 7.32. The van der Waals surface area contributed by atoms with E-state index in [4.69, 9.17) is 9.47 Å². The first kappa shape index (κ1) is 24.4. The third kappa shape index (κ3) is 5.43. The molecule has 3 aromatic rings. The molecule has 2 amide bonds. The van der Waals surface area contributed by atoms with Gasteiger partial charge in [-0.15, -0.1) is 11.3 Å². The highest BCUT2D eigenvalue weighted by Crippen LogP contribution is 2.37. The van der Waals surface area contributed by atoms with Crippen molar-refractivity contribution >= 4 is 23.2 Å². The van der Waals surface area contributed by atoms with Crippen LogP contribution in [0.25, 0.3) is 0 Å². The number of nitrogens with one attached hydrogen (secondary N) is 1. The molecule has 8 nitrogen and oxygen atoms in total. The molecular weight excluding hydrogens is 476 g/mol. The number of morpholine rings is 1. The summed E-state index contributed by atoms with van der Waals surface area (Å²) in [4.78, 5) is 31.7. The van der Waals surface area contributed by atoms with E-state index >= 15 is 0 Å². The molecule has 0 spiro atoms. The minimum absolute atomic E-state index is 0.138. The standard InChI is InChI=1S/C27H30N4O4S/c1-2-25(32)31-11-10-19-8-9-21(16-22(19)26(31)20-6-4-3-5-7-20)35-17-24-28-23(18-36-24)27(33)29-30-12-14-34-15-13-30/h3-9,16,18,26H,2,10-15,17H2,1H3,(H,29,33). The van der Waals surface area contributed by atoms with E-state index in [9.17, 15) is 9.59 Å². The van der Waals surface area contributed by atoms with Crippen molar-refractivity contribution in [2.45, 2.75) is 32.4 Å². The number of fused-ring (bicyclic) bond motifs is 1. The summed E-state index contributed by atoms with van der Waals surface area (Å²) in [6.45, 7) is 5.41. The fourth-order valence-electron chi connectivity index (χ4n) is 4.65. The molecule has 36 heavy (non-hydrogen) atoms. The minimum Gasteiger partial charge on any atom is -0.486 e. The fraction of sp³-hybridized carbons (Fsp3) is 0.370. The van der Waals surface area contributed by atoms with Crippen LogP contribution in [-0.4, -0.2) is 59.6 Å². The van der Waals surface area contributed by atoms with Crippen LogP contribution < -0.4 is 10.2 Å². The average Bonchev–Trinajstić information content (AvgIpc) is 3.41. The van der Waals surface area contributed by atoms with Gasteiger partial charge < -0.3 is 14.4 Å². The van der Waals surface area contributed by atoms with Crippen LogP contribution in [0.2, 0.25) is 0 Å². The molecule has 9 heteroatoms. The number of carbonyl (C=O) groups is 2. The molecule has 5 rings (SSSR count). The van der Waals surface area contributed by atoms with Gasteiger partial charge in [0, 0.05) is 31.4 Å². The number of rotatable bonds is 7. The summed E-state index contributed by atoms with van der Waals surface area (Å²) in [7, 11) is 0. The summed E-state index contributed by atoms with van der Waals surface area (Å²) >= 11 is 1.40. The number of nitrogens with zero attached hydrogens (tertiary/aromatic N) is 3. The molecule has 1 atom stereocenters. The molecule has 3 heterocycles. The quantitative estimate of drug-likeness (QED) is 0.527. The zero-order valence-electron chi connectivity index (χ0n) is 20.3. The van der Waals surface area contributed by atoms with Gasteiger partial charge in [0.25, 0.3) is 5.91 Å². The molecule has 2 aliphatic rings. The number of aromatic nitrogens is 1. The van der Waals surface area contributed by atoms with Gasteiger partial charge in [0.15, 0.2) is 0 Å². The Bertz CT molecular complexity index is 1210. The molecule has 0 bridgehead atoms. The Hall–Kier alpha value is -3.27. The lowest BCUT2D eigenvalue weighted by Gasteiger charge is -2.38. The van der Waals surface area contributed by atoms with E-state index in [-0.39, 0.29) is 24.5 Å². The van der Waals surface area contributed by atoms with Crippen molar-refractivity contribution in [3.05, 3.63) is 81.3 Å². The monoisotopic (exact) mass is 506 g/mol. The van der Waals surface area contributed by atoms with Gasteiger partial charge in [-0.05, 0) is 35.2 Å². The van der Waals surface area contributed by atoms with Crippen molar-refractivity contribution in [2.24, 2.45) is 0 Å². The number of benzene rings is 2. The smallest absolute Gasteiger partial charge is 0.285 e. The Kier molecular flexibility index (Phi) is 7.60. The Labute approximate surface area is 214 Å². The van der Waals surface area contributed by atoms with E-state index in [1.807, 2.05) is 47.2 Å². The highest BCUT2D eigenvalue weighted by atomic mass is 32.1. The predicted octanol–water partition coefficient (Wildman–Crippen LogP) is 3.58. The number of ether oxygens (including phenoxy) is 2. The van der Waals surface area contributed by atoms with Crippen molar-refractivity contribution < 1.29 is 19.1 Å². The lowest BCUT2D eigenvalue weighted by Crippen LogP contribution is -2.48. The number of thiazole rings is 1. The molecule has 1 unspecified atom stereocenters. The second kappa shape index (κ2) is 11.2. The van der Waals surface area contributed by atoms with Crippen LogP contribution in [-0.2, 0) is 22.6 Å². The van der Waals surface area contributed by atoms with Crippen molar-refractivity contribution in [3.8, 4) is 5.75 Å². The maximum absolute atomic E-state index is 12.8. The second-order valence-electron chi connectivity index (χ2n) is 8.82. The van der Waals surface area contributed by atoms with Crippen LogP contribution in [0.4, 0.5) is 0 Å². The summed E-state index contributed by atoms with van der Waals surface area (Å²) in [6, 6.07) is 16.1. The molecule has 188 valence electrons. The van der Waals surface area contributed by atoms with Crippen LogP contribution >= 0.6 is 11.3 Å². The van der Waals surface area contributed by atoms with Gasteiger partial charge in [-0.2, -0.15) is 0 Å². The third-order valence-electron chi connectivity index (χ3n) is 6.50. The van der Waals surface area contributed by atoms with E-state index in [2.05, 4.69) is 28.6 Å². The van der Waals surface area contributed by atoms with Crippen LogP contribution in [0, 0.1) is 0 Å². The molecule has 1 fully saturated rings. The minimum atomic E-state index is -0.223. The van der Waals surface area contributed by atoms with Gasteiger partial charge in [-0.3, -0.25) is 15.0 Å². The average molecular weight is 507 g/mol. The molecular formula is C27H30N4O4S. The Balaban J connectivity index is 1.30. The van der Waals surface area contributed by atoms with Crippen molar-refractivity contribution in [1.82, 2.24) is 20.3 Å². The summed E-state index contributed by atoms with van der Waals surface area (Å²) in [5.74, 6) is 0.640.